The molecule has 5 N–H and O–H groups in total. The van der Waals surface area contributed by atoms with Crippen LogP contribution in [0, 0.1) is 0 Å². The molecule has 0 aliphatic carbocycles. The number of unbranched alkanes of at least 4 members (excludes halogenated alkanes) is 2. The minimum atomic E-state index is -2.07. The van der Waals surface area contributed by atoms with Crippen LogP contribution in [0.1, 0.15) is 43.7 Å². The fraction of sp³-hybridized carbons (Fsp3) is 0.433. The lowest BCUT2D eigenvalue weighted by Gasteiger charge is -2.24. The monoisotopic (exact) mass is 585 g/mol. The summed E-state index contributed by atoms with van der Waals surface area (Å²) in [7, 11) is 1.47. The van der Waals surface area contributed by atoms with E-state index in [0.29, 0.717) is 12.1 Å². The van der Waals surface area contributed by atoms with Gasteiger partial charge in [-0.3, -0.25) is 14.4 Å². The molecular weight excluding hydrogens is 546 g/mol. The van der Waals surface area contributed by atoms with E-state index in [4.69, 9.17) is 19.7 Å². The lowest BCUT2D eigenvalue weighted by molar-refractivity contribution is -0.159. The van der Waals surface area contributed by atoms with Gasteiger partial charge in [0.25, 0.3) is 6.10 Å². The maximum atomic E-state index is 13.5. The Morgan fingerprint density at radius 3 is 1.95 bits per heavy atom. The number of carbonyl (C=O) groups is 5. The molecule has 12 heteroatoms. The van der Waals surface area contributed by atoms with Crippen molar-refractivity contribution in [2.75, 3.05) is 20.3 Å². The molecule has 0 aliphatic rings. The first kappa shape index (κ1) is 33.8. The van der Waals surface area contributed by atoms with Crippen LogP contribution in [0.5, 0.6) is 5.75 Å². The number of methoxy groups -OCH3 is 1. The van der Waals surface area contributed by atoms with Crippen LogP contribution in [-0.2, 0) is 41.6 Å². The second-order valence-electron chi connectivity index (χ2n) is 9.63. The van der Waals surface area contributed by atoms with Crippen molar-refractivity contribution in [3.63, 3.8) is 0 Å². The molecule has 0 unspecified atom stereocenters. The smallest absolute Gasteiger partial charge is 0.356 e. The Balaban J connectivity index is 2.22. The maximum absolute atomic E-state index is 13.5. The third-order valence-corrected chi connectivity index (χ3v) is 6.25. The quantitative estimate of drug-likeness (QED) is 0.121. The first-order valence-corrected chi connectivity index (χ1v) is 13.8. The molecule has 0 aromatic heterocycles. The van der Waals surface area contributed by atoms with Crippen molar-refractivity contribution in [2.24, 2.45) is 0 Å². The third-order valence-electron chi connectivity index (χ3n) is 6.25. The van der Waals surface area contributed by atoms with Crippen LogP contribution in [0.4, 0.5) is 0 Å². The summed E-state index contributed by atoms with van der Waals surface area (Å²) in [6, 6.07) is 13.1. The first-order chi connectivity index (χ1) is 20.1. The van der Waals surface area contributed by atoms with E-state index < -0.39 is 41.9 Å². The number of carbonyl (C=O) groups excluding carboxylic acids is 3. The van der Waals surface area contributed by atoms with Gasteiger partial charge in [0, 0.05) is 32.9 Å². The Kier molecular flexibility index (Phi) is 14.5. The number of hydrogen-bond acceptors (Lipinski definition) is 7. The standard InChI is InChI=1S/C30H39N3O9/c1-3-4-8-16-31-27(35)23(19-21-11-13-22(14-12-21)42-26(29(37)38)30(39)40)33-28(36)24(32-25(34)15-17-41-2)18-20-9-6-5-7-10-20/h5-7,9-14,23-24,26H,3-4,8,15-19H2,1-2H3,(H,31,35)(H,32,34)(H,33,36)(H,37,38)(H,39,40)/t23-,24-/m0/s1. The number of amides is 3. The highest BCUT2D eigenvalue weighted by molar-refractivity contribution is 5.96. The van der Waals surface area contributed by atoms with Crippen molar-refractivity contribution in [3.8, 4) is 5.75 Å². The van der Waals surface area contributed by atoms with Crippen molar-refractivity contribution in [1.82, 2.24) is 16.0 Å². The van der Waals surface area contributed by atoms with Crippen LogP contribution in [0.25, 0.3) is 0 Å². The lowest BCUT2D eigenvalue weighted by atomic mass is 10.0. The van der Waals surface area contributed by atoms with Crippen molar-refractivity contribution in [1.29, 1.82) is 0 Å². The van der Waals surface area contributed by atoms with Crippen LogP contribution in [0.15, 0.2) is 54.6 Å². The van der Waals surface area contributed by atoms with Gasteiger partial charge >= 0.3 is 11.9 Å². The Labute approximate surface area is 244 Å². The SMILES string of the molecule is CCCCCNC(=O)[C@H](Cc1ccc(OC(C(=O)O)C(=O)O)cc1)NC(=O)[C@H](Cc1ccccc1)NC(=O)CCOC. The number of rotatable bonds is 19. The fourth-order valence-electron chi connectivity index (χ4n) is 3.99. The number of ether oxygens (including phenoxy) is 2. The largest absolute Gasteiger partial charge is 0.478 e. The molecule has 0 aliphatic heterocycles. The van der Waals surface area contributed by atoms with Gasteiger partial charge in [-0.1, -0.05) is 62.2 Å². The summed E-state index contributed by atoms with van der Waals surface area (Å²) in [6.45, 7) is 2.66. The lowest BCUT2D eigenvalue weighted by Crippen LogP contribution is -2.55. The van der Waals surface area contributed by atoms with E-state index >= 15 is 0 Å². The van der Waals surface area contributed by atoms with Crippen LogP contribution < -0.4 is 20.7 Å². The van der Waals surface area contributed by atoms with Crippen molar-refractivity contribution in [3.05, 3.63) is 65.7 Å². The maximum Gasteiger partial charge on any atom is 0.356 e. The summed E-state index contributed by atoms with van der Waals surface area (Å²) in [4.78, 5) is 61.4. The number of aliphatic carboxylic acids is 2. The highest BCUT2D eigenvalue weighted by Gasteiger charge is 2.29. The van der Waals surface area contributed by atoms with E-state index in [0.717, 1.165) is 24.8 Å². The zero-order chi connectivity index (χ0) is 30.9. The minimum absolute atomic E-state index is 0.0137. The summed E-state index contributed by atoms with van der Waals surface area (Å²) >= 11 is 0. The summed E-state index contributed by atoms with van der Waals surface area (Å²) in [6.07, 6.45) is 0.944. The van der Waals surface area contributed by atoms with Crippen molar-refractivity contribution >= 4 is 29.7 Å². The number of benzene rings is 2. The van der Waals surface area contributed by atoms with Gasteiger partial charge in [0.05, 0.1) is 6.61 Å². The van der Waals surface area contributed by atoms with Gasteiger partial charge in [-0.25, -0.2) is 9.59 Å². The molecule has 2 aromatic carbocycles. The Bertz CT molecular complexity index is 1160. The fourth-order valence-corrected chi connectivity index (χ4v) is 3.99. The summed E-state index contributed by atoms with van der Waals surface area (Å²) in [5, 5.41) is 26.4. The molecule has 2 atom stereocenters. The molecular formula is C30H39N3O9. The topological polar surface area (TPSA) is 180 Å². The predicted octanol–water partition coefficient (Wildman–Crippen LogP) is 1.70. The van der Waals surface area contributed by atoms with E-state index in [9.17, 15) is 24.0 Å². The molecule has 2 rings (SSSR count). The highest BCUT2D eigenvalue weighted by Crippen LogP contribution is 2.16. The average molecular weight is 586 g/mol. The normalized spacial score (nSPS) is 12.2. The van der Waals surface area contributed by atoms with Crippen molar-refractivity contribution < 1.29 is 43.7 Å². The zero-order valence-corrected chi connectivity index (χ0v) is 23.8. The number of hydrogen-bond donors (Lipinski definition) is 5. The number of carboxylic acid groups (broad SMARTS) is 2. The molecule has 2 aromatic rings. The number of nitrogens with one attached hydrogen (secondary N) is 3. The van der Waals surface area contributed by atoms with Gasteiger partial charge in [0.2, 0.25) is 17.7 Å². The first-order valence-electron chi connectivity index (χ1n) is 13.8. The van der Waals surface area contributed by atoms with Crippen molar-refractivity contribution in [2.45, 2.75) is 63.6 Å². The Morgan fingerprint density at radius 2 is 1.38 bits per heavy atom. The molecule has 0 heterocycles. The molecule has 0 bridgehead atoms. The molecule has 42 heavy (non-hydrogen) atoms. The van der Waals surface area contributed by atoms with Crippen LogP contribution in [0.2, 0.25) is 0 Å². The third kappa shape index (κ3) is 12.0. The van der Waals surface area contributed by atoms with Gasteiger partial charge in [-0.15, -0.1) is 0 Å². The van der Waals surface area contributed by atoms with Gasteiger partial charge in [-0.05, 0) is 29.7 Å². The Morgan fingerprint density at radius 1 is 0.786 bits per heavy atom. The van der Waals surface area contributed by atoms with E-state index in [1.165, 1.54) is 19.2 Å². The molecule has 228 valence electrons. The molecule has 3 amide bonds. The van der Waals surface area contributed by atoms with Gasteiger partial charge < -0.3 is 35.6 Å². The predicted molar refractivity (Wildman–Crippen MR) is 153 cm³/mol. The molecule has 0 saturated heterocycles. The van der Waals surface area contributed by atoms with Gasteiger partial charge in [-0.2, -0.15) is 0 Å². The molecule has 0 spiro atoms. The molecule has 0 radical (unpaired) electrons. The zero-order valence-electron chi connectivity index (χ0n) is 23.8. The second-order valence-corrected chi connectivity index (χ2v) is 9.63. The molecule has 0 fully saturated rings. The van der Waals surface area contributed by atoms with Gasteiger partial charge in [0.1, 0.15) is 17.8 Å². The van der Waals surface area contributed by atoms with Crippen LogP contribution in [-0.4, -0.2) is 78.3 Å². The highest BCUT2D eigenvalue weighted by atomic mass is 16.5. The van der Waals surface area contributed by atoms with E-state index in [1.54, 1.807) is 12.1 Å². The Hall–Kier alpha value is -4.45. The van der Waals surface area contributed by atoms with Crippen LogP contribution in [0.3, 0.4) is 0 Å². The summed E-state index contributed by atoms with van der Waals surface area (Å²) < 4.78 is 10.0. The minimum Gasteiger partial charge on any atom is -0.478 e. The average Bonchev–Trinajstić information content (AvgIpc) is 2.97. The molecule has 0 saturated carbocycles. The van der Waals surface area contributed by atoms with E-state index in [1.807, 2.05) is 37.3 Å². The summed E-state index contributed by atoms with van der Waals surface area (Å²) in [5.74, 6) is -4.59. The van der Waals surface area contributed by atoms with Gasteiger partial charge in [0.15, 0.2) is 0 Å². The summed E-state index contributed by atoms with van der Waals surface area (Å²) in [5.41, 5.74) is 1.42. The molecule has 12 nitrogen and oxygen atoms in total. The van der Waals surface area contributed by atoms with E-state index in [2.05, 4.69) is 16.0 Å². The van der Waals surface area contributed by atoms with Crippen LogP contribution >= 0.6 is 0 Å². The van der Waals surface area contributed by atoms with E-state index in [-0.39, 0.29) is 37.5 Å². The number of carboxylic acids is 2. The second kappa shape index (κ2) is 18.1.